The van der Waals surface area contributed by atoms with Crippen LogP contribution in [0.5, 0.6) is 0 Å². The van der Waals surface area contributed by atoms with E-state index < -0.39 is 35.3 Å². The number of hydrogen-bond acceptors (Lipinski definition) is 5. The van der Waals surface area contributed by atoms with E-state index >= 15 is 0 Å². The summed E-state index contributed by atoms with van der Waals surface area (Å²) in [4.78, 5) is 34.5. The van der Waals surface area contributed by atoms with Crippen LogP contribution in [-0.4, -0.2) is 45.6 Å². The molecule has 1 rings (SSSR count). The monoisotopic (exact) mass is 336 g/mol. The second-order valence-electron chi connectivity index (χ2n) is 6.17. The summed E-state index contributed by atoms with van der Waals surface area (Å²) in [5.74, 6) is -2.77. The van der Waals surface area contributed by atoms with Crippen LogP contribution in [0.3, 0.4) is 0 Å². The zero-order valence-corrected chi connectivity index (χ0v) is 13.9. The van der Waals surface area contributed by atoms with Crippen LogP contribution < -0.4 is 11.1 Å². The molecule has 0 spiro atoms. The molecule has 0 radical (unpaired) electrons. The fourth-order valence-electron chi connectivity index (χ4n) is 2.22. The smallest absolute Gasteiger partial charge is 0.323 e. The zero-order chi connectivity index (χ0) is 18.3. The van der Waals surface area contributed by atoms with Gasteiger partial charge < -0.3 is 15.9 Å². The van der Waals surface area contributed by atoms with Gasteiger partial charge in [0.2, 0.25) is 0 Å². The summed E-state index contributed by atoms with van der Waals surface area (Å²) in [7, 11) is 0. The van der Waals surface area contributed by atoms with E-state index in [0.717, 1.165) is 5.56 Å². The predicted molar refractivity (Wildman–Crippen MR) is 88.6 cm³/mol. The fraction of sp³-hybridized carbons (Fsp3) is 0.471. The molecule has 3 atom stereocenters. The molecule has 0 saturated carbocycles. The normalized spacial score (nSPS) is 16.0. The molecule has 0 fully saturated rings. The van der Waals surface area contributed by atoms with Gasteiger partial charge in [-0.2, -0.15) is 0 Å². The predicted octanol–water partition coefficient (Wildman–Crippen LogP) is 0.812. The number of carbonyl (C=O) groups excluding carboxylic acids is 1. The average Bonchev–Trinajstić information content (AvgIpc) is 2.51. The number of Topliss-reactive ketones (excluding diaryl/α,β-unsaturated/α-hetero) is 1. The second kappa shape index (κ2) is 8.56. The maximum Gasteiger partial charge on any atom is 0.323 e. The van der Waals surface area contributed by atoms with E-state index in [2.05, 4.69) is 5.32 Å². The highest BCUT2D eigenvalue weighted by atomic mass is 16.4. The molecule has 7 heteroatoms. The van der Waals surface area contributed by atoms with Crippen molar-refractivity contribution in [1.29, 1.82) is 0 Å². The highest BCUT2D eigenvalue weighted by molar-refractivity contribution is 5.91. The van der Waals surface area contributed by atoms with Crippen molar-refractivity contribution in [2.45, 2.75) is 50.7 Å². The van der Waals surface area contributed by atoms with Crippen LogP contribution in [0.2, 0.25) is 0 Å². The Hall–Kier alpha value is -2.25. The summed E-state index contributed by atoms with van der Waals surface area (Å²) in [6.07, 6.45) is 0.493. The third kappa shape index (κ3) is 6.10. The number of carbonyl (C=O) groups is 3. The molecule has 132 valence electrons. The minimum absolute atomic E-state index is 0.315. The summed E-state index contributed by atoms with van der Waals surface area (Å²) >= 11 is 0. The van der Waals surface area contributed by atoms with Gasteiger partial charge in [-0.15, -0.1) is 0 Å². The van der Waals surface area contributed by atoms with Crippen molar-refractivity contribution >= 4 is 17.7 Å². The minimum Gasteiger partial charge on any atom is -0.480 e. The number of carboxylic acids is 2. The van der Waals surface area contributed by atoms with Crippen LogP contribution >= 0.6 is 0 Å². The van der Waals surface area contributed by atoms with Crippen LogP contribution in [0.25, 0.3) is 0 Å². The molecule has 2 unspecified atom stereocenters. The van der Waals surface area contributed by atoms with Crippen LogP contribution in [-0.2, 0) is 20.8 Å². The van der Waals surface area contributed by atoms with Crippen molar-refractivity contribution in [2.24, 2.45) is 5.73 Å². The molecule has 0 aliphatic carbocycles. The Balaban J connectivity index is 2.62. The van der Waals surface area contributed by atoms with Crippen molar-refractivity contribution in [3.8, 4) is 0 Å². The molecule has 7 nitrogen and oxygen atoms in total. The number of hydrogen-bond donors (Lipinski definition) is 4. The number of rotatable bonds is 10. The van der Waals surface area contributed by atoms with Gasteiger partial charge in [-0.3, -0.25) is 19.7 Å². The number of aryl methyl sites for hydroxylation is 1. The van der Waals surface area contributed by atoms with Gasteiger partial charge in [0.05, 0.1) is 6.04 Å². The molecule has 0 saturated heterocycles. The molecule has 0 aliphatic heterocycles. The largest absolute Gasteiger partial charge is 0.480 e. The Kier molecular flexibility index (Phi) is 7.06. The summed E-state index contributed by atoms with van der Waals surface area (Å²) in [5.41, 5.74) is 4.89. The van der Waals surface area contributed by atoms with Crippen LogP contribution in [0.15, 0.2) is 30.3 Å². The first-order valence-electron chi connectivity index (χ1n) is 7.71. The van der Waals surface area contributed by atoms with Crippen molar-refractivity contribution < 1.29 is 24.6 Å². The molecular formula is C17H24N2O5. The molecule has 0 bridgehead atoms. The van der Waals surface area contributed by atoms with Crippen molar-refractivity contribution in [2.75, 3.05) is 0 Å². The first-order valence-corrected chi connectivity index (χ1v) is 7.71. The first kappa shape index (κ1) is 19.8. The fourth-order valence-corrected chi connectivity index (χ4v) is 2.22. The van der Waals surface area contributed by atoms with Gasteiger partial charge in [-0.25, -0.2) is 0 Å². The SMILES string of the molecule is C[C@H](NC(CCc1ccccc1)C(=O)O)C(=O)CC(C)(N)C(=O)O. The van der Waals surface area contributed by atoms with E-state index in [-0.39, 0.29) is 6.42 Å². The highest BCUT2D eigenvalue weighted by Crippen LogP contribution is 2.10. The first-order chi connectivity index (χ1) is 11.1. The Morgan fingerprint density at radius 3 is 2.29 bits per heavy atom. The Labute approximate surface area is 140 Å². The molecule has 24 heavy (non-hydrogen) atoms. The molecule has 0 aliphatic rings. The average molecular weight is 336 g/mol. The number of carboxylic acid groups (broad SMARTS) is 2. The lowest BCUT2D eigenvalue weighted by Crippen LogP contribution is -2.51. The molecular weight excluding hydrogens is 312 g/mol. The maximum atomic E-state index is 12.1. The summed E-state index contributed by atoms with van der Waals surface area (Å²) in [6.45, 7) is 2.77. The molecule has 1 aromatic rings. The number of nitrogens with two attached hydrogens (primary N) is 1. The Morgan fingerprint density at radius 1 is 1.21 bits per heavy atom. The van der Waals surface area contributed by atoms with Gasteiger partial charge in [0.15, 0.2) is 5.78 Å². The van der Waals surface area contributed by atoms with Gasteiger partial charge in [-0.05, 0) is 32.3 Å². The zero-order valence-electron chi connectivity index (χ0n) is 13.9. The lowest BCUT2D eigenvalue weighted by Gasteiger charge is -2.23. The summed E-state index contributed by atoms with van der Waals surface area (Å²) in [5, 5.41) is 21.0. The van der Waals surface area contributed by atoms with Gasteiger partial charge in [0.1, 0.15) is 11.6 Å². The van der Waals surface area contributed by atoms with E-state index in [1.165, 1.54) is 13.8 Å². The summed E-state index contributed by atoms with van der Waals surface area (Å²) in [6, 6.07) is 7.73. The van der Waals surface area contributed by atoms with Crippen molar-refractivity contribution in [3.63, 3.8) is 0 Å². The lowest BCUT2D eigenvalue weighted by molar-refractivity contribution is -0.145. The van der Waals surface area contributed by atoms with Crippen LogP contribution in [0, 0.1) is 0 Å². The number of nitrogens with one attached hydrogen (secondary N) is 1. The van der Waals surface area contributed by atoms with E-state index in [9.17, 15) is 19.5 Å². The number of benzene rings is 1. The van der Waals surface area contributed by atoms with Crippen LogP contribution in [0.4, 0.5) is 0 Å². The number of aliphatic carboxylic acids is 2. The minimum atomic E-state index is -1.67. The molecule has 0 amide bonds. The van der Waals surface area contributed by atoms with E-state index in [0.29, 0.717) is 12.8 Å². The maximum absolute atomic E-state index is 12.1. The van der Waals surface area contributed by atoms with E-state index in [4.69, 9.17) is 10.8 Å². The lowest BCUT2D eigenvalue weighted by atomic mass is 9.93. The molecule has 5 N–H and O–H groups in total. The molecule has 0 aromatic heterocycles. The van der Waals surface area contributed by atoms with Gasteiger partial charge in [0, 0.05) is 6.42 Å². The standard InChI is InChI=1S/C17H24N2O5/c1-11(14(20)10-17(2,18)16(23)24)19-13(15(21)22)9-8-12-6-4-3-5-7-12/h3-7,11,13,19H,8-10,18H2,1-2H3,(H,21,22)(H,23,24)/t11-,13?,17?/m0/s1. The van der Waals surface area contributed by atoms with E-state index in [1.807, 2.05) is 30.3 Å². The quantitative estimate of drug-likeness (QED) is 0.497. The van der Waals surface area contributed by atoms with Crippen LogP contribution in [0.1, 0.15) is 32.3 Å². The van der Waals surface area contributed by atoms with E-state index in [1.54, 1.807) is 0 Å². The second-order valence-corrected chi connectivity index (χ2v) is 6.17. The Morgan fingerprint density at radius 2 is 1.79 bits per heavy atom. The van der Waals surface area contributed by atoms with Crippen molar-refractivity contribution in [3.05, 3.63) is 35.9 Å². The molecule has 0 heterocycles. The summed E-state index contributed by atoms with van der Waals surface area (Å²) < 4.78 is 0. The Bertz CT molecular complexity index is 586. The highest BCUT2D eigenvalue weighted by Gasteiger charge is 2.33. The van der Waals surface area contributed by atoms with Gasteiger partial charge >= 0.3 is 11.9 Å². The van der Waals surface area contributed by atoms with Crippen molar-refractivity contribution in [1.82, 2.24) is 5.32 Å². The third-order valence-electron chi connectivity index (χ3n) is 3.83. The molecule has 1 aromatic carbocycles. The third-order valence-corrected chi connectivity index (χ3v) is 3.83. The topological polar surface area (TPSA) is 130 Å². The van der Waals surface area contributed by atoms with Gasteiger partial charge in [0.25, 0.3) is 0 Å². The van der Waals surface area contributed by atoms with Gasteiger partial charge in [-0.1, -0.05) is 30.3 Å². The number of ketones is 1.